The third kappa shape index (κ3) is 2.08. The molecule has 1 aliphatic rings. The normalized spacial score (nSPS) is 13.7. The van der Waals surface area contributed by atoms with Gasteiger partial charge in [-0.05, 0) is 23.6 Å². The Morgan fingerprint density at radius 1 is 1.50 bits per heavy atom. The van der Waals surface area contributed by atoms with Crippen molar-refractivity contribution in [3.8, 4) is 0 Å². The van der Waals surface area contributed by atoms with Crippen molar-refractivity contribution in [2.45, 2.75) is 26.2 Å². The Kier molecular flexibility index (Phi) is 2.95. The average Bonchev–Trinajstić information content (AvgIpc) is 2.28. The van der Waals surface area contributed by atoms with E-state index in [1.807, 2.05) is 0 Å². The van der Waals surface area contributed by atoms with Crippen molar-refractivity contribution in [2.24, 2.45) is 5.73 Å². The molecule has 0 unspecified atom stereocenters. The number of benzene rings is 1. The molecule has 0 atom stereocenters. The first-order valence-corrected chi connectivity index (χ1v) is 5.58. The maximum Gasteiger partial charge on any atom is 0.246 e. The first kappa shape index (κ1) is 10.7. The number of nitrogens with two attached hydrogens (primary N) is 1. The third-order valence-corrected chi connectivity index (χ3v) is 2.81. The van der Waals surface area contributed by atoms with Crippen LogP contribution in [0.1, 0.15) is 24.5 Å². The van der Waals surface area contributed by atoms with Gasteiger partial charge in [-0.1, -0.05) is 25.5 Å². The van der Waals surface area contributed by atoms with Crippen LogP contribution in [0.3, 0.4) is 0 Å². The van der Waals surface area contributed by atoms with Gasteiger partial charge >= 0.3 is 0 Å². The van der Waals surface area contributed by atoms with Gasteiger partial charge in [0.05, 0.1) is 0 Å². The lowest BCUT2D eigenvalue weighted by Gasteiger charge is -2.17. The van der Waals surface area contributed by atoms with E-state index in [9.17, 15) is 4.79 Å². The molecule has 0 aliphatic carbocycles. The van der Waals surface area contributed by atoms with Gasteiger partial charge in [-0.3, -0.25) is 4.79 Å². The van der Waals surface area contributed by atoms with Crippen LogP contribution in [0, 0.1) is 0 Å². The fourth-order valence-corrected chi connectivity index (χ4v) is 1.96. The highest BCUT2D eigenvalue weighted by molar-refractivity contribution is 5.93. The van der Waals surface area contributed by atoms with Crippen molar-refractivity contribution < 1.29 is 4.79 Å². The number of aryl methyl sites for hydroxylation is 1. The fourth-order valence-electron chi connectivity index (χ4n) is 1.96. The number of primary amides is 1. The Morgan fingerprint density at radius 3 is 3.00 bits per heavy atom. The van der Waals surface area contributed by atoms with E-state index in [1.165, 1.54) is 5.56 Å². The Labute approximate surface area is 95.3 Å². The summed E-state index contributed by atoms with van der Waals surface area (Å²) in [6.07, 6.45) is 4.53. The smallest absolute Gasteiger partial charge is 0.246 e. The van der Waals surface area contributed by atoms with Crippen molar-refractivity contribution in [1.82, 2.24) is 0 Å². The first-order chi connectivity index (χ1) is 7.70. The SMILES string of the molecule is CCCc1ccc2c(c1)CC(C(N)=O)=CN2. The zero-order valence-electron chi connectivity index (χ0n) is 9.42. The quantitative estimate of drug-likeness (QED) is 0.811. The van der Waals surface area contributed by atoms with E-state index in [1.54, 1.807) is 6.20 Å². The standard InChI is InChI=1S/C13H16N2O/c1-2-3-9-4-5-12-10(6-9)7-11(8-15-12)13(14)16/h4-6,8,15H,2-3,7H2,1H3,(H2,14,16). The average molecular weight is 216 g/mol. The van der Waals surface area contributed by atoms with Gasteiger partial charge in [0.25, 0.3) is 0 Å². The van der Waals surface area contributed by atoms with Crippen LogP contribution in [0.15, 0.2) is 30.0 Å². The molecule has 84 valence electrons. The molecule has 0 saturated heterocycles. The van der Waals surface area contributed by atoms with Gasteiger partial charge in [0, 0.05) is 23.9 Å². The summed E-state index contributed by atoms with van der Waals surface area (Å²) in [5.74, 6) is -0.348. The van der Waals surface area contributed by atoms with Crippen LogP contribution in [0.5, 0.6) is 0 Å². The minimum absolute atomic E-state index is 0.348. The van der Waals surface area contributed by atoms with Crippen LogP contribution in [0.25, 0.3) is 0 Å². The van der Waals surface area contributed by atoms with Crippen LogP contribution < -0.4 is 11.1 Å². The van der Waals surface area contributed by atoms with Crippen LogP contribution in [-0.4, -0.2) is 5.91 Å². The fraction of sp³-hybridized carbons (Fsp3) is 0.308. The van der Waals surface area contributed by atoms with Gasteiger partial charge in [-0.2, -0.15) is 0 Å². The molecule has 1 aromatic rings. The highest BCUT2D eigenvalue weighted by Crippen LogP contribution is 2.25. The number of fused-ring (bicyclic) bond motifs is 1. The van der Waals surface area contributed by atoms with Crippen molar-refractivity contribution in [3.05, 3.63) is 41.1 Å². The number of carbonyl (C=O) groups is 1. The van der Waals surface area contributed by atoms with E-state index in [-0.39, 0.29) is 5.91 Å². The molecule has 3 nitrogen and oxygen atoms in total. The molecule has 1 aromatic carbocycles. The molecule has 0 aromatic heterocycles. The molecule has 0 radical (unpaired) electrons. The molecule has 1 heterocycles. The molecule has 3 heteroatoms. The predicted octanol–water partition coefficient (Wildman–Crippen LogP) is 1.98. The number of carbonyl (C=O) groups excluding carboxylic acids is 1. The predicted molar refractivity (Wildman–Crippen MR) is 65.0 cm³/mol. The highest BCUT2D eigenvalue weighted by atomic mass is 16.1. The maximum atomic E-state index is 11.1. The van der Waals surface area contributed by atoms with Gasteiger partial charge in [-0.25, -0.2) is 0 Å². The number of hydrogen-bond acceptors (Lipinski definition) is 2. The van der Waals surface area contributed by atoms with Gasteiger partial charge in [0.15, 0.2) is 0 Å². The number of anilines is 1. The lowest BCUT2D eigenvalue weighted by atomic mass is 9.97. The topological polar surface area (TPSA) is 55.1 Å². The number of amides is 1. The summed E-state index contributed by atoms with van der Waals surface area (Å²) in [7, 11) is 0. The van der Waals surface area contributed by atoms with Crippen LogP contribution in [0.2, 0.25) is 0 Å². The molecule has 16 heavy (non-hydrogen) atoms. The summed E-state index contributed by atoms with van der Waals surface area (Å²) in [6, 6.07) is 6.34. The minimum Gasteiger partial charge on any atom is -0.366 e. The summed E-state index contributed by atoms with van der Waals surface area (Å²) < 4.78 is 0. The lowest BCUT2D eigenvalue weighted by Crippen LogP contribution is -2.19. The molecule has 3 N–H and O–H groups in total. The van der Waals surface area contributed by atoms with E-state index >= 15 is 0 Å². The molecular formula is C13H16N2O. The molecule has 0 fully saturated rings. The molecule has 1 amide bonds. The maximum absolute atomic E-state index is 11.1. The molecular weight excluding hydrogens is 200 g/mol. The second-order valence-electron chi connectivity index (χ2n) is 4.10. The zero-order chi connectivity index (χ0) is 11.5. The van der Waals surface area contributed by atoms with Crippen LogP contribution >= 0.6 is 0 Å². The van der Waals surface area contributed by atoms with Crippen molar-refractivity contribution in [1.29, 1.82) is 0 Å². The summed E-state index contributed by atoms with van der Waals surface area (Å²) in [5.41, 5.74) is 9.46. The Balaban J connectivity index is 2.26. The third-order valence-electron chi connectivity index (χ3n) is 2.81. The van der Waals surface area contributed by atoms with Crippen molar-refractivity contribution in [2.75, 3.05) is 5.32 Å². The summed E-state index contributed by atoms with van der Waals surface area (Å²) in [5, 5.41) is 3.10. The van der Waals surface area contributed by atoms with Crippen molar-refractivity contribution in [3.63, 3.8) is 0 Å². The molecule has 1 aliphatic heterocycles. The Hall–Kier alpha value is -1.77. The minimum atomic E-state index is -0.348. The molecule has 2 rings (SSSR count). The molecule has 0 saturated carbocycles. The summed E-state index contributed by atoms with van der Waals surface area (Å²) in [6.45, 7) is 2.16. The summed E-state index contributed by atoms with van der Waals surface area (Å²) >= 11 is 0. The zero-order valence-corrected chi connectivity index (χ0v) is 9.42. The number of nitrogens with one attached hydrogen (secondary N) is 1. The van der Waals surface area contributed by atoms with Gasteiger partial charge in [0.1, 0.15) is 0 Å². The van der Waals surface area contributed by atoms with E-state index in [0.717, 1.165) is 24.1 Å². The van der Waals surface area contributed by atoms with E-state index in [4.69, 9.17) is 5.73 Å². The first-order valence-electron chi connectivity index (χ1n) is 5.58. The summed E-state index contributed by atoms with van der Waals surface area (Å²) in [4.78, 5) is 11.1. The van der Waals surface area contributed by atoms with Gasteiger partial charge < -0.3 is 11.1 Å². The van der Waals surface area contributed by atoms with E-state index in [0.29, 0.717) is 12.0 Å². The van der Waals surface area contributed by atoms with Gasteiger partial charge in [-0.15, -0.1) is 0 Å². The number of hydrogen-bond donors (Lipinski definition) is 2. The number of rotatable bonds is 3. The van der Waals surface area contributed by atoms with Crippen LogP contribution in [0.4, 0.5) is 5.69 Å². The highest BCUT2D eigenvalue weighted by Gasteiger charge is 2.14. The molecule has 0 spiro atoms. The van der Waals surface area contributed by atoms with E-state index < -0.39 is 0 Å². The van der Waals surface area contributed by atoms with Crippen molar-refractivity contribution >= 4 is 11.6 Å². The van der Waals surface area contributed by atoms with Gasteiger partial charge in [0.2, 0.25) is 5.91 Å². The van der Waals surface area contributed by atoms with E-state index in [2.05, 4.69) is 30.4 Å². The Morgan fingerprint density at radius 2 is 2.31 bits per heavy atom. The largest absolute Gasteiger partial charge is 0.366 e. The molecule has 0 bridgehead atoms. The van der Waals surface area contributed by atoms with Crippen LogP contribution in [-0.2, 0) is 17.6 Å². The lowest BCUT2D eigenvalue weighted by molar-refractivity contribution is -0.114. The second kappa shape index (κ2) is 4.39. The monoisotopic (exact) mass is 216 g/mol. The second-order valence-corrected chi connectivity index (χ2v) is 4.10. The Bertz CT molecular complexity index is 449.